The molecule has 0 aromatic carbocycles. The Morgan fingerprint density at radius 1 is 1.26 bits per heavy atom. The lowest BCUT2D eigenvalue weighted by Crippen LogP contribution is -2.51. The molecule has 2 heterocycles. The van der Waals surface area contributed by atoms with E-state index >= 15 is 0 Å². The van der Waals surface area contributed by atoms with Crippen LogP contribution in [0.4, 0.5) is 0 Å². The maximum absolute atomic E-state index is 12.8. The first kappa shape index (κ1) is 17.5. The molecule has 0 atom stereocenters. The predicted molar refractivity (Wildman–Crippen MR) is 87.4 cm³/mol. The standard InChI is InChI=1S/C17H27N3O3/c1-12(2)13-6-8-20(9-7-13)15(21)17(3,4)23-14-10-18-16(22-5)19-11-14/h10-13H,6-9H2,1-5H3. The summed E-state index contributed by atoms with van der Waals surface area (Å²) in [5.41, 5.74) is -0.942. The van der Waals surface area contributed by atoms with E-state index in [-0.39, 0.29) is 11.9 Å². The van der Waals surface area contributed by atoms with E-state index in [4.69, 9.17) is 9.47 Å². The molecule has 1 saturated heterocycles. The van der Waals surface area contributed by atoms with Crippen molar-refractivity contribution in [1.29, 1.82) is 0 Å². The van der Waals surface area contributed by atoms with E-state index in [0.717, 1.165) is 25.9 Å². The van der Waals surface area contributed by atoms with Crippen LogP contribution in [0.2, 0.25) is 0 Å². The number of carbonyl (C=O) groups excluding carboxylic acids is 1. The Kier molecular flexibility index (Phi) is 5.44. The third-order valence-electron chi connectivity index (χ3n) is 4.44. The van der Waals surface area contributed by atoms with Gasteiger partial charge in [0.05, 0.1) is 19.5 Å². The smallest absolute Gasteiger partial charge is 0.316 e. The van der Waals surface area contributed by atoms with E-state index in [1.165, 1.54) is 19.5 Å². The number of aromatic nitrogens is 2. The summed E-state index contributed by atoms with van der Waals surface area (Å²) in [6, 6.07) is 0.275. The van der Waals surface area contributed by atoms with Gasteiger partial charge in [0, 0.05) is 13.1 Å². The fourth-order valence-corrected chi connectivity index (χ4v) is 2.95. The summed E-state index contributed by atoms with van der Waals surface area (Å²) >= 11 is 0. The molecule has 1 amide bonds. The number of rotatable bonds is 5. The molecule has 0 N–H and O–H groups in total. The average Bonchev–Trinajstić information content (AvgIpc) is 2.54. The first-order valence-electron chi connectivity index (χ1n) is 8.18. The summed E-state index contributed by atoms with van der Waals surface area (Å²) in [6.07, 6.45) is 5.16. The number of likely N-dealkylation sites (tertiary alicyclic amines) is 1. The van der Waals surface area contributed by atoms with Crippen molar-refractivity contribution in [3.63, 3.8) is 0 Å². The topological polar surface area (TPSA) is 64.6 Å². The molecule has 1 aromatic rings. The van der Waals surface area contributed by atoms with Crippen LogP contribution >= 0.6 is 0 Å². The van der Waals surface area contributed by atoms with Gasteiger partial charge >= 0.3 is 6.01 Å². The van der Waals surface area contributed by atoms with Gasteiger partial charge in [0.25, 0.3) is 5.91 Å². The lowest BCUT2D eigenvalue weighted by Gasteiger charge is -2.38. The fraction of sp³-hybridized carbons (Fsp3) is 0.706. The van der Waals surface area contributed by atoms with Crippen molar-refractivity contribution in [2.75, 3.05) is 20.2 Å². The van der Waals surface area contributed by atoms with Gasteiger partial charge in [0.15, 0.2) is 11.4 Å². The minimum absolute atomic E-state index is 0.00974. The molecule has 1 aliphatic heterocycles. The number of piperidine rings is 1. The molecule has 0 spiro atoms. The second-order valence-electron chi connectivity index (χ2n) is 6.89. The highest BCUT2D eigenvalue weighted by Gasteiger charge is 2.36. The molecule has 6 nitrogen and oxygen atoms in total. The highest BCUT2D eigenvalue weighted by atomic mass is 16.5. The van der Waals surface area contributed by atoms with Crippen molar-refractivity contribution >= 4 is 5.91 Å². The van der Waals surface area contributed by atoms with Gasteiger partial charge in [-0.3, -0.25) is 4.79 Å². The Morgan fingerprint density at radius 3 is 2.30 bits per heavy atom. The lowest BCUT2D eigenvalue weighted by molar-refractivity contribution is -0.147. The Balaban J connectivity index is 1.96. The summed E-state index contributed by atoms with van der Waals surface area (Å²) in [7, 11) is 1.50. The van der Waals surface area contributed by atoms with Crippen molar-refractivity contribution in [2.45, 2.75) is 46.1 Å². The van der Waals surface area contributed by atoms with Crippen molar-refractivity contribution in [3.05, 3.63) is 12.4 Å². The maximum atomic E-state index is 12.8. The molecule has 1 fully saturated rings. The molecule has 2 rings (SSSR count). The Labute approximate surface area is 138 Å². The number of carbonyl (C=O) groups is 1. The largest absolute Gasteiger partial charge is 0.475 e. The third kappa shape index (κ3) is 4.33. The van der Waals surface area contributed by atoms with E-state index < -0.39 is 5.60 Å². The van der Waals surface area contributed by atoms with Gasteiger partial charge in [-0.05, 0) is 38.5 Å². The summed E-state index contributed by atoms with van der Waals surface area (Å²) in [6.45, 7) is 9.67. The average molecular weight is 321 g/mol. The fourth-order valence-electron chi connectivity index (χ4n) is 2.95. The Bertz CT molecular complexity index is 520. The molecule has 6 heteroatoms. The number of amides is 1. The molecular weight excluding hydrogens is 294 g/mol. The van der Waals surface area contributed by atoms with E-state index in [2.05, 4.69) is 23.8 Å². The van der Waals surface area contributed by atoms with E-state index in [1.54, 1.807) is 13.8 Å². The van der Waals surface area contributed by atoms with Crippen LogP contribution in [0.3, 0.4) is 0 Å². The normalized spacial score (nSPS) is 16.5. The molecular formula is C17H27N3O3. The zero-order valence-electron chi connectivity index (χ0n) is 14.7. The second kappa shape index (κ2) is 7.15. The molecule has 1 aromatic heterocycles. The minimum atomic E-state index is -0.942. The van der Waals surface area contributed by atoms with Crippen LogP contribution < -0.4 is 9.47 Å². The van der Waals surface area contributed by atoms with Crippen LogP contribution in [0, 0.1) is 11.8 Å². The molecule has 23 heavy (non-hydrogen) atoms. The monoisotopic (exact) mass is 321 g/mol. The van der Waals surface area contributed by atoms with Crippen molar-refractivity contribution in [2.24, 2.45) is 11.8 Å². The summed E-state index contributed by atoms with van der Waals surface area (Å²) in [5.74, 6) is 1.85. The van der Waals surface area contributed by atoms with Crippen LogP contribution in [-0.4, -0.2) is 46.6 Å². The number of methoxy groups -OCH3 is 1. The summed E-state index contributed by atoms with van der Waals surface area (Å²) < 4.78 is 10.7. The number of hydrogen-bond donors (Lipinski definition) is 0. The summed E-state index contributed by atoms with van der Waals surface area (Å²) in [5, 5.41) is 0. The first-order chi connectivity index (χ1) is 10.8. The van der Waals surface area contributed by atoms with Crippen LogP contribution in [0.15, 0.2) is 12.4 Å². The van der Waals surface area contributed by atoms with Crippen LogP contribution in [0.25, 0.3) is 0 Å². The van der Waals surface area contributed by atoms with Gasteiger partial charge in [-0.2, -0.15) is 9.97 Å². The first-order valence-corrected chi connectivity index (χ1v) is 8.18. The highest BCUT2D eigenvalue weighted by Crippen LogP contribution is 2.27. The van der Waals surface area contributed by atoms with Gasteiger partial charge in [-0.15, -0.1) is 0 Å². The molecule has 1 aliphatic rings. The quantitative estimate of drug-likeness (QED) is 0.834. The zero-order chi connectivity index (χ0) is 17.0. The molecule has 0 unspecified atom stereocenters. The zero-order valence-corrected chi connectivity index (χ0v) is 14.7. The van der Waals surface area contributed by atoms with Crippen LogP contribution in [-0.2, 0) is 4.79 Å². The molecule has 0 radical (unpaired) electrons. The van der Waals surface area contributed by atoms with Gasteiger partial charge in [-0.1, -0.05) is 13.8 Å². The molecule has 0 saturated carbocycles. The number of nitrogens with zero attached hydrogens (tertiary/aromatic N) is 3. The highest BCUT2D eigenvalue weighted by molar-refractivity contribution is 5.84. The van der Waals surface area contributed by atoms with Crippen LogP contribution in [0.1, 0.15) is 40.5 Å². The van der Waals surface area contributed by atoms with E-state index in [0.29, 0.717) is 17.6 Å². The predicted octanol–water partition coefficient (Wildman–Crippen LogP) is 2.54. The Hall–Kier alpha value is -1.85. The number of hydrogen-bond acceptors (Lipinski definition) is 5. The van der Waals surface area contributed by atoms with E-state index in [1.807, 2.05) is 4.90 Å². The van der Waals surface area contributed by atoms with Crippen LogP contribution in [0.5, 0.6) is 11.8 Å². The third-order valence-corrected chi connectivity index (χ3v) is 4.44. The van der Waals surface area contributed by atoms with Crippen molar-refractivity contribution in [1.82, 2.24) is 14.9 Å². The van der Waals surface area contributed by atoms with Crippen molar-refractivity contribution < 1.29 is 14.3 Å². The number of ether oxygens (including phenoxy) is 2. The summed E-state index contributed by atoms with van der Waals surface area (Å²) in [4.78, 5) is 22.7. The molecule has 0 bridgehead atoms. The van der Waals surface area contributed by atoms with E-state index in [9.17, 15) is 4.79 Å². The second-order valence-corrected chi connectivity index (χ2v) is 6.89. The van der Waals surface area contributed by atoms with Gasteiger partial charge < -0.3 is 14.4 Å². The van der Waals surface area contributed by atoms with Crippen molar-refractivity contribution in [3.8, 4) is 11.8 Å². The van der Waals surface area contributed by atoms with Gasteiger partial charge in [0.2, 0.25) is 0 Å². The Morgan fingerprint density at radius 2 is 1.83 bits per heavy atom. The molecule has 0 aliphatic carbocycles. The minimum Gasteiger partial charge on any atom is -0.475 e. The van der Waals surface area contributed by atoms with Gasteiger partial charge in [0.1, 0.15) is 0 Å². The molecule has 128 valence electrons. The maximum Gasteiger partial charge on any atom is 0.316 e. The SMILES string of the molecule is COc1ncc(OC(C)(C)C(=O)N2CCC(C(C)C)CC2)cn1. The van der Waals surface area contributed by atoms with Gasteiger partial charge in [-0.25, -0.2) is 0 Å². The lowest BCUT2D eigenvalue weighted by atomic mass is 9.86.